The third-order valence-electron chi connectivity index (χ3n) is 4.14. The van der Waals surface area contributed by atoms with Crippen molar-refractivity contribution in [2.75, 3.05) is 6.54 Å². The molecule has 1 N–H and O–H groups in total. The Morgan fingerprint density at radius 2 is 2.04 bits per heavy atom. The molecule has 2 aromatic rings. The number of aryl methyl sites for hydroxylation is 1. The molecule has 118 valence electrons. The summed E-state index contributed by atoms with van der Waals surface area (Å²) in [5.41, 5.74) is 3.40. The molecule has 1 aromatic heterocycles. The molecule has 1 atom stereocenters. The highest BCUT2D eigenvalue weighted by atomic mass is 16.4. The van der Waals surface area contributed by atoms with Gasteiger partial charge in [-0.2, -0.15) is 0 Å². The van der Waals surface area contributed by atoms with E-state index in [0.29, 0.717) is 24.9 Å². The van der Waals surface area contributed by atoms with Gasteiger partial charge in [0.15, 0.2) is 0 Å². The molecule has 5 heteroatoms. The van der Waals surface area contributed by atoms with Crippen LogP contribution in [-0.2, 0) is 4.79 Å². The Morgan fingerprint density at radius 1 is 1.22 bits per heavy atom. The van der Waals surface area contributed by atoms with Gasteiger partial charge < -0.3 is 10.0 Å². The Morgan fingerprint density at radius 3 is 2.78 bits per heavy atom. The molecule has 1 unspecified atom stereocenters. The Balaban J connectivity index is 1.90. The molecule has 23 heavy (non-hydrogen) atoms. The van der Waals surface area contributed by atoms with E-state index < -0.39 is 12.0 Å². The molecular formula is C18H18N2O3. The van der Waals surface area contributed by atoms with E-state index >= 15 is 0 Å². The van der Waals surface area contributed by atoms with Gasteiger partial charge in [0.1, 0.15) is 6.04 Å². The SMILES string of the molecule is Cc1cccc(-c2cncc(C(=O)N3CCCC3C(=O)O)c2)c1. The third kappa shape index (κ3) is 3.08. The monoisotopic (exact) mass is 310 g/mol. The number of carboxylic acid groups (broad SMARTS) is 1. The van der Waals surface area contributed by atoms with Crippen LogP contribution in [0.4, 0.5) is 0 Å². The molecule has 0 saturated carbocycles. The minimum absolute atomic E-state index is 0.267. The van der Waals surface area contributed by atoms with Crippen LogP contribution in [0.25, 0.3) is 11.1 Å². The van der Waals surface area contributed by atoms with Crippen molar-refractivity contribution in [1.82, 2.24) is 9.88 Å². The van der Waals surface area contributed by atoms with E-state index in [1.807, 2.05) is 31.2 Å². The van der Waals surface area contributed by atoms with Gasteiger partial charge in [-0.05, 0) is 31.4 Å². The molecule has 0 radical (unpaired) electrons. The molecule has 1 aromatic carbocycles. The number of rotatable bonds is 3. The van der Waals surface area contributed by atoms with Gasteiger partial charge in [0.05, 0.1) is 5.56 Å². The molecule has 0 bridgehead atoms. The van der Waals surface area contributed by atoms with Gasteiger partial charge in [-0.15, -0.1) is 0 Å². The molecule has 1 aliphatic heterocycles. The van der Waals surface area contributed by atoms with Crippen LogP contribution >= 0.6 is 0 Å². The second-order valence-corrected chi connectivity index (χ2v) is 5.83. The number of pyridine rings is 1. The number of nitrogens with zero attached hydrogens (tertiary/aromatic N) is 2. The Labute approximate surface area is 134 Å². The lowest BCUT2D eigenvalue weighted by Crippen LogP contribution is -2.40. The molecular weight excluding hydrogens is 292 g/mol. The number of carbonyl (C=O) groups excluding carboxylic acids is 1. The van der Waals surface area contributed by atoms with Crippen molar-refractivity contribution in [2.45, 2.75) is 25.8 Å². The van der Waals surface area contributed by atoms with Crippen LogP contribution in [0.2, 0.25) is 0 Å². The van der Waals surface area contributed by atoms with Crippen molar-refractivity contribution in [3.8, 4) is 11.1 Å². The lowest BCUT2D eigenvalue weighted by atomic mass is 10.0. The number of likely N-dealkylation sites (tertiary alicyclic amines) is 1. The summed E-state index contributed by atoms with van der Waals surface area (Å²) in [4.78, 5) is 29.5. The summed E-state index contributed by atoms with van der Waals surface area (Å²) < 4.78 is 0. The first-order chi connectivity index (χ1) is 11.1. The van der Waals surface area contributed by atoms with E-state index in [0.717, 1.165) is 16.7 Å². The Kier molecular flexibility index (Phi) is 4.10. The fraction of sp³-hybridized carbons (Fsp3) is 0.278. The van der Waals surface area contributed by atoms with Crippen LogP contribution in [0.5, 0.6) is 0 Å². The van der Waals surface area contributed by atoms with E-state index in [4.69, 9.17) is 0 Å². The van der Waals surface area contributed by atoms with Crippen LogP contribution in [-0.4, -0.2) is 39.5 Å². The summed E-state index contributed by atoms with van der Waals surface area (Å²) in [6.45, 7) is 2.48. The maximum atomic E-state index is 12.6. The van der Waals surface area contributed by atoms with E-state index in [2.05, 4.69) is 4.98 Å². The highest BCUT2D eigenvalue weighted by molar-refractivity contribution is 5.97. The van der Waals surface area contributed by atoms with E-state index in [1.165, 1.54) is 11.1 Å². The van der Waals surface area contributed by atoms with Gasteiger partial charge in [-0.1, -0.05) is 29.8 Å². The lowest BCUT2D eigenvalue weighted by Gasteiger charge is -2.21. The van der Waals surface area contributed by atoms with Gasteiger partial charge in [0.2, 0.25) is 0 Å². The van der Waals surface area contributed by atoms with Crippen LogP contribution in [0, 0.1) is 6.92 Å². The van der Waals surface area contributed by atoms with Gasteiger partial charge in [-0.3, -0.25) is 9.78 Å². The number of hydrogen-bond donors (Lipinski definition) is 1. The zero-order valence-corrected chi connectivity index (χ0v) is 12.9. The molecule has 1 aliphatic rings. The van der Waals surface area contributed by atoms with E-state index in [-0.39, 0.29) is 5.91 Å². The van der Waals surface area contributed by atoms with Crippen LogP contribution in [0.1, 0.15) is 28.8 Å². The summed E-state index contributed by atoms with van der Waals surface area (Å²) in [7, 11) is 0. The lowest BCUT2D eigenvalue weighted by molar-refractivity contribution is -0.141. The molecule has 0 spiro atoms. The summed E-state index contributed by atoms with van der Waals surface area (Å²) in [6, 6.07) is 9.01. The summed E-state index contributed by atoms with van der Waals surface area (Å²) in [5, 5.41) is 9.23. The fourth-order valence-electron chi connectivity index (χ4n) is 2.97. The van der Waals surface area contributed by atoms with Crippen molar-refractivity contribution < 1.29 is 14.7 Å². The standard InChI is InChI=1S/C18H18N2O3/c1-12-4-2-5-13(8-12)14-9-15(11-19-10-14)17(21)20-7-3-6-16(20)18(22)23/h2,4-5,8-11,16H,3,6-7H2,1H3,(H,22,23). The number of amides is 1. The van der Waals surface area contributed by atoms with Gasteiger partial charge in [-0.25, -0.2) is 4.79 Å². The van der Waals surface area contributed by atoms with Crippen molar-refractivity contribution in [2.24, 2.45) is 0 Å². The van der Waals surface area contributed by atoms with E-state index in [1.54, 1.807) is 12.3 Å². The van der Waals surface area contributed by atoms with Crippen molar-refractivity contribution in [3.05, 3.63) is 53.9 Å². The Bertz CT molecular complexity index is 757. The highest BCUT2D eigenvalue weighted by Crippen LogP contribution is 2.24. The first-order valence-electron chi connectivity index (χ1n) is 7.62. The van der Waals surface area contributed by atoms with Crippen molar-refractivity contribution >= 4 is 11.9 Å². The molecule has 0 aliphatic carbocycles. The van der Waals surface area contributed by atoms with Crippen LogP contribution < -0.4 is 0 Å². The molecule has 2 heterocycles. The second kappa shape index (κ2) is 6.20. The molecule has 1 saturated heterocycles. The van der Waals surface area contributed by atoms with Gasteiger partial charge in [0.25, 0.3) is 5.91 Å². The topological polar surface area (TPSA) is 70.5 Å². The number of aromatic nitrogens is 1. The minimum atomic E-state index is -0.946. The van der Waals surface area contributed by atoms with Crippen LogP contribution in [0.3, 0.4) is 0 Å². The quantitative estimate of drug-likeness (QED) is 0.946. The molecule has 5 nitrogen and oxygen atoms in total. The zero-order valence-electron chi connectivity index (χ0n) is 12.9. The smallest absolute Gasteiger partial charge is 0.326 e. The molecule has 1 fully saturated rings. The summed E-state index contributed by atoms with van der Waals surface area (Å²) in [5.74, 6) is -1.21. The third-order valence-corrected chi connectivity index (χ3v) is 4.14. The first-order valence-corrected chi connectivity index (χ1v) is 7.62. The minimum Gasteiger partial charge on any atom is -0.480 e. The fourth-order valence-corrected chi connectivity index (χ4v) is 2.97. The van der Waals surface area contributed by atoms with E-state index in [9.17, 15) is 14.7 Å². The number of aliphatic carboxylic acids is 1. The number of benzene rings is 1. The number of carbonyl (C=O) groups is 2. The highest BCUT2D eigenvalue weighted by Gasteiger charge is 2.34. The maximum Gasteiger partial charge on any atom is 0.326 e. The predicted molar refractivity (Wildman–Crippen MR) is 86.1 cm³/mol. The normalized spacial score (nSPS) is 17.3. The average molecular weight is 310 g/mol. The predicted octanol–water partition coefficient (Wildman–Crippen LogP) is 2.75. The number of hydrogen-bond acceptors (Lipinski definition) is 3. The summed E-state index contributed by atoms with van der Waals surface area (Å²) in [6.07, 6.45) is 4.43. The average Bonchev–Trinajstić information content (AvgIpc) is 3.04. The largest absolute Gasteiger partial charge is 0.480 e. The summed E-state index contributed by atoms with van der Waals surface area (Å²) >= 11 is 0. The zero-order chi connectivity index (χ0) is 16.4. The number of carboxylic acids is 1. The van der Waals surface area contributed by atoms with Crippen molar-refractivity contribution in [1.29, 1.82) is 0 Å². The molecule has 1 amide bonds. The molecule has 3 rings (SSSR count). The van der Waals surface area contributed by atoms with Gasteiger partial charge in [0, 0.05) is 24.5 Å². The van der Waals surface area contributed by atoms with Crippen LogP contribution in [0.15, 0.2) is 42.7 Å². The maximum absolute atomic E-state index is 12.6. The van der Waals surface area contributed by atoms with Crippen molar-refractivity contribution in [3.63, 3.8) is 0 Å². The first kappa shape index (κ1) is 15.2. The van der Waals surface area contributed by atoms with Gasteiger partial charge >= 0.3 is 5.97 Å². The Hall–Kier alpha value is -2.69. The second-order valence-electron chi connectivity index (χ2n) is 5.83.